The van der Waals surface area contributed by atoms with Crippen molar-refractivity contribution in [2.75, 3.05) is 12.3 Å². The smallest absolute Gasteiger partial charge is 0.280 e. The number of anilines is 1. The number of ether oxygens (including phenoxy) is 1. The fourth-order valence-electron chi connectivity index (χ4n) is 2.18. The number of aromatic nitrogens is 4. The Hall–Kier alpha value is -1.97. The molecule has 2 aromatic heterocycles. The fraction of sp³-hybridized carbons (Fsp3) is 0.500. The highest BCUT2D eigenvalue weighted by Crippen LogP contribution is 2.29. The van der Waals surface area contributed by atoms with Crippen LogP contribution in [0.4, 0.5) is 5.95 Å². The Kier molecular flexibility index (Phi) is 3.51. The van der Waals surface area contributed by atoms with Crippen molar-refractivity contribution in [1.29, 1.82) is 0 Å². The number of aromatic amines is 1. The van der Waals surface area contributed by atoms with Crippen molar-refractivity contribution in [3.63, 3.8) is 0 Å². The summed E-state index contributed by atoms with van der Waals surface area (Å²) < 4.78 is 7.30. The number of nitrogens with two attached hydrogens (primary N) is 1. The summed E-state index contributed by atoms with van der Waals surface area (Å²) in [4.78, 5) is 22.1. The first kappa shape index (κ1) is 13.5. The summed E-state index contributed by atoms with van der Waals surface area (Å²) in [6, 6.07) is 0. The van der Waals surface area contributed by atoms with E-state index in [-0.39, 0.29) is 41.4 Å². The van der Waals surface area contributed by atoms with Gasteiger partial charge in [-0.25, -0.2) is 4.98 Å². The van der Waals surface area contributed by atoms with Gasteiger partial charge in [-0.3, -0.25) is 14.3 Å². The zero-order chi connectivity index (χ0) is 12.7. The number of nitrogen functional groups attached to an aromatic ring is 1. The fourth-order valence-corrected chi connectivity index (χ4v) is 2.18. The van der Waals surface area contributed by atoms with Crippen LogP contribution >= 0.6 is 0 Å². The monoisotopic (exact) mass is 269 g/mol. The zero-order valence-corrected chi connectivity index (χ0v) is 10.0. The van der Waals surface area contributed by atoms with E-state index in [4.69, 9.17) is 15.6 Å². The summed E-state index contributed by atoms with van der Waals surface area (Å²) in [6.45, 7) is -0.0146. The van der Waals surface area contributed by atoms with E-state index >= 15 is 0 Å². The molecule has 1 saturated heterocycles. The Morgan fingerprint density at radius 3 is 3.05 bits per heavy atom. The molecule has 0 saturated carbocycles. The maximum absolute atomic E-state index is 11.6. The lowest BCUT2D eigenvalue weighted by molar-refractivity contribution is -0.0207. The first-order valence-corrected chi connectivity index (χ1v) is 5.67. The zero-order valence-electron chi connectivity index (χ0n) is 10.0. The Morgan fingerprint density at radius 2 is 2.37 bits per heavy atom. The molecule has 0 amide bonds. The maximum atomic E-state index is 11.6. The van der Waals surface area contributed by atoms with Crippen LogP contribution in [0.1, 0.15) is 19.1 Å². The molecule has 1 aliphatic heterocycles. The first-order chi connectivity index (χ1) is 8.69. The number of hydrogen-bond donors (Lipinski definition) is 3. The van der Waals surface area contributed by atoms with Crippen LogP contribution in [0.5, 0.6) is 0 Å². The molecule has 2 atom stereocenters. The molecule has 0 unspecified atom stereocenters. The molecule has 9 nitrogen and oxygen atoms in total. The van der Waals surface area contributed by atoms with Crippen molar-refractivity contribution in [1.82, 2.24) is 19.5 Å². The summed E-state index contributed by atoms with van der Waals surface area (Å²) in [5.74, 6) is 0.0472. The van der Waals surface area contributed by atoms with Gasteiger partial charge in [-0.15, -0.1) is 0 Å². The second-order valence-electron chi connectivity index (χ2n) is 4.25. The molecule has 104 valence electrons. The summed E-state index contributed by atoms with van der Waals surface area (Å²) in [5.41, 5.74) is 5.79. The van der Waals surface area contributed by atoms with Crippen LogP contribution in [0.25, 0.3) is 11.2 Å². The van der Waals surface area contributed by atoms with Gasteiger partial charge in [-0.05, 0) is 12.8 Å². The molecule has 1 aliphatic rings. The Balaban J connectivity index is 0.00000133. The number of imidazole rings is 1. The molecular formula is C10H15N5O4. The number of fused-ring (bicyclic) bond motifs is 1. The molecule has 3 rings (SSSR count). The van der Waals surface area contributed by atoms with Crippen LogP contribution in [-0.2, 0) is 4.74 Å². The lowest BCUT2D eigenvalue weighted by Gasteiger charge is -2.13. The van der Waals surface area contributed by atoms with E-state index in [2.05, 4.69) is 15.0 Å². The summed E-state index contributed by atoms with van der Waals surface area (Å²) >= 11 is 0. The van der Waals surface area contributed by atoms with E-state index in [9.17, 15) is 4.79 Å². The van der Waals surface area contributed by atoms with Gasteiger partial charge in [0.15, 0.2) is 11.2 Å². The maximum Gasteiger partial charge on any atom is 0.280 e. The van der Waals surface area contributed by atoms with E-state index in [1.54, 1.807) is 4.57 Å². The third kappa shape index (κ3) is 2.18. The number of rotatable bonds is 2. The molecule has 0 aromatic carbocycles. The summed E-state index contributed by atoms with van der Waals surface area (Å²) in [6.07, 6.45) is 2.58. The molecular weight excluding hydrogens is 254 g/mol. The van der Waals surface area contributed by atoms with Crippen molar-refractivity contribution in [2.24, 2.45) is 0 Å². The van der Waals surface area contributed by atoms with Crippen LogP contribution in [-0.4, -0.2) is 42.8 Å². The minimum absolute atomic E-state index is 0. The molecule has 9 heteroatoms. The van der Waals surface area contributed by atoms with E-state index in [0.717, 1.165) is 12.8 Å². The number of nitrogens with zero attached hydrogens (tertiary/aromatic N) is 3. The van der Waals surface area contributed by atoms with Crippen molar-refractivity contribution in [3.8, 4) is 0 Å². The number of aliphatic hydroxyl groups excluding tert-OH is 1. The third-order valence-electron chi connectivity index (χ3n) is 3.05. The molecule has 6 N–H and O–H groups in total. The minimum Gasteiger partial charge on any atom is -0.412 e. The standard InChI is InChI=1S/C10H13N5O3.H2O/c11-10-13-8-7(9(17)14-10)12-4-15(8)6-2-1-5(3-16)18-6;/h4-6,16H,1-3H2,(H3,11,13,14,17);1H2/t5-,6+;/m0./s1. The topological polar surface area (TPSA) is 151 Å². The molecule has 0 spiro atoms. The van der Waals surface area contributed by atoms with Gasteiger partial charge in [0, 0.05) is 0 Å². The van der Waals surface area contributed by atoms with Gasteiger partial charge in [-0.2, -0.15) is 4.98 Å². The highest BCUT2D eigenvalue weighted by molar-refractivity contribution is 5.70. The largest absolute Gasteiger partial charge is 0.412 e. The number of H-pyrrole nitrogens is 1. The Labute approximate surface area is 107 Å². The molecule has 0 bridgehead atoms. The van der Waals surface area contributed by atoms with Crippen molar-refractivity contribution >= 4 is 17.1 Å². The molecule has 2 aromatic rings. The van der Waals surface area contributed by atoms with E-state index < -0.39 is 0 Å². The van der Waals surface area contributed by atoms with Crippen LogP contribution in [0.15, 0.2) is 11.1 Å². The second-order valence-corrected chi connectivity index (χ2v) is 4.25. The summed E-state index contributed by atoms with van der Waals surface area (Å²) in [7, 11) is 0. The highest BCUT2D eigenvalue weighted by atomic mass is 16.5. The van der Waals surface area contributed by atoms with Gasteiger partial charge >= 0.3 is 0 Å². The van der Waals surface area contributed by atoms with Crippen LogP contribution in [0, 0.1) is 0 Å². The molecule has 0 aliphatic carbocycles. The van der Waals surface area contributed by atoms with Crippen LogP contribution < -0.4 is 11.3 Å². The average Bonchev–Trinajstić information content (AvgIpc) is 2.93. The molecule has 19 heavy (non-hydrogen) atoms. The van der Waals surface area contributed by atoms with Gasteiger partial charge in [0.1, 0.15) is 6.23 Å². The van der Waals surface area contributed by atoms with Crippen molar-refractivity contribution in [3.05, 3.63) is 16.7 Å². The average molecular weight is 269 g/mol. The molecule has 1 fully saturated rings. The predicted octanol–water partition coefficient (Wildman–Crippen LogP) is -1.45. The quantitative estimate of drug-likeness (QED) is 0.606. The van der Waals surface area contributed by atoms with Crippen molar-refractivity contribution < 1.29 is 15.3 Å². The number of nitrogens with one attached hydrogen (secondary N) is 1. The van der Waals surface area contributed by atoms with Gasteiger partial charge in [0.25, 0.3) is 5.56 Å². The number of hydrogen-bond acceptors (Lipinski definition) is 6. The van der Waals surface area contributed by atoms with Gasteiger partial charge in [-0.1, -0.05) is 0 Å². The normalized spacial score (nSPS) is 22.6. The van der Waals surface area contributed by atoms with E-state index in [1.807, 2.05) is 0 Å². The Bertz CT molecular complexity index is 636. The van der Waals surface area contributed by atoms with E-state index in [0.29, 0.717) is 5.65 Å². The third-order valence-corrected chi connectivity index (χ3v) is 3.05. The molecule has 0 radical (unpaired) electrons. The van der Waals surface area contributed by atoms with Crippen LogP contribution in [0.2, 0.25) is 0 Å². The number of aliphatic hydroxyl groups is 1. The van der Waals surface area contributed by atoms with Gasteiger partial charge in [0.2, 0.25) is 5.95 Å². The highest BCUT2D eigenvalue weighted by Gasteiger charge is 2.27. The van der Waals surface area contributed by atoms with Gasteiger partial charge < -0.3 is 21.1 Å². The minimum atomic E-state index is -0.368. The lowest BCUT2D eigenvalue weighted by Crippen LogP contribution is -2.16. The lowest BCUT2D eigenvalue weighted by atomic mass is 10.2. The SMILES string of the molecule is Nc1nc2c(ncn2[C@H]2CC[C@@H](CO)O2)c(=O)[nH]1.O. The first-order valence-electron chi connectivity index (χ1n) is 5.67. The predicted molar refractivity (Wildman–Crippen MR) is 66.4 cm³/mol. The second kappa shape index (κ2) is 4.96. The van der Waals surface area contributed by atoms with Gasteiger partial charge in [0.05, 0.1) is 19.0 Å². The van der Waals surface area contributed by atoms with Crippen LogP contribution in [0.3, 0.4) is 0 Å². The van der Waals surface area contributed by atoms with E-state index in [1.165, 1.54) is 6.33 Å². The summed E-state index contributed by atoms with van der Waals surface area (Å²) in [5, 5.41) is 9.04. The van der Waals surface area contributed by atoms with Crippen molar-refractivity contribution in [2.45, 2.75) is 25.2 Å². The Morgan fingerprint density at radius 1 is 1.58 bits per heavy atom. The molecule has 3 heterocycles.